The standard InChI is InChI=1S/C26H16O2/c1-14-15-12-13-22-23(19-7-3-5-9-21(19)27-22)24(15)25-16(14)10-11-18-17-6-2-4-8-20(17)28-26(18)25/h2-14H,1H3. The van der Waals surface area contributed by atoms with Gasteiger partial charge < -0.3 is 8.83 Å². The van der Waals surface area contributed by atoms with Gasteiger partial charge in [-0.3, -0.25) is 0 Å². The zero-order valence-electron chi connectivity index (χ0n) is 15.3. The van der Waals surface area contributed by atoms with Crippen molar-refractivity contribution in [2.24, 2.45) is 0 Å². The third-order valence-electron chi connectivity index (χ3n) is 6.34. The Morgan fingerprint density at radius 2 is 1.25 bits per heavy atom. The molecular weight excluding hydrogens is 344 g/mol. The van der Waals surface area contributed by atoms with Gasteiger partial charge in [0.05, 0.1) is 0 Å². The van der Waals surface area contributed by atoms with Crippen LogP contribution in [0.3, 0.4) is 0 Å². The van der Waals surface area contributed by atoms with Crippen molar-refractivity contribution in [2.45, 2.75) is 12.8 Å². The summed E-state index contributed by atoms with van der Waals surface area (Å²) in [5.74, 6) is 0.334. The highest BCUT2D eigenvalue weighted by molar-refractivity contribution is 6.19. The largest absolute Gasteiger partial charge is 0.456 e. The minimum atomic E-state index is 0.334. The lowest BCUT2D eigenvalue weighted by molar-refractivity contribution is 0.669. The fourth-order valence-corrected chi connectivity index (χ4v) is 5.05. The van der Waals surface area contributed by atoms with Gasteiger partial charge in [-0.25, -0.2) is 0 Å². The fraction of sp³-hybridized carbons (Fsp3) is 0.0769. The highest BCUT2D eigenvalue weighted by atomic mass is 16.3. The summed E-state index contributed by atoms with van der Waals surface area (Å²) in [4.78, 5) is 0. The van der Waals surface area contributed by atoms with Crippen molar-refractivity contribution >= 4 is 43.9 Å². The molecule has 0 saturated heterocycles. The molecule has 0 N–H and O–H groups in total. The number of fused-ring (bicyclic) bond motifs is 11. The fourth-order valence-electron chi connectivity index (χ4n) is 5.05. The molecule has 0 radical (unpaired) electrons. The van der Waals surface area contributed by atoms with Crippen molar-refractivity contribution < 1.29 is 8.83 Å². The summed E-state index contributed by atoms with van der Waals surface area (Å²) >= 11 is 0. The van der Waals surface area contributed by atoms with E-state index >= 15 is 0 Å². The zero-order chi connectivity index (χ0) is 18.4. The molecule has 132 valence electrons. The average Bonchev–Trinajstić information content (AvgIpc) is 3.37. The summed E-state index contributed by atoms with van der Waals surface area (Å²) in [6, 6.07) is 25.4. The Hall–Kier alpha value is -3.52. The molecule has 2 heteroatoms. The van der Waals surface area contributed by atoms with E-state index in [2.05, 4.69) is 61.5 Å². The van der Waals surface area contributed by atoms with Crippen LogP contribution in [0.2, 0.25) is 0 Å². The second-order valence-corrected chi connectivity index (χ2v) is 7.73. The molecule has 2 aromatic heterocycles. The van der Waals surface area contributed by atoms with E-state index in [1.165, 1.54) is 43.8 Å². The minimum absolute atomic E-state index is 0.334. The first-order valence-corrected chi connectivity index (χ1v) is 9.70. The molecule has 1 atom stereocenters. The Kier molecular flexibility index (Phi) is 2.51. The summed E-state index contributed by atoms with van der Waals surface area (Å²) < 4.78 is 12.6. The number of hydrogen-bond donors (Lipinski definition) is 0. The number of para-hydroxylation sites is 2. The molecule has 28 heavy (non-hydrogen) atoms. The molecule has 7 rings (SSSR count). The van der Waals surface area contributed by atoms with Gasteiger partial charge in [-0.1, -0.05) is 61.5 Å². The molecule has 1 unspecified atom stereocenters. The van der Waals surface area contributed by atoms with E-state index in [0.29, 0.717) is 5.92 Å². The van der Waals surface area contributed by atoms with Crippen LogP contribution in [0, 0.1) is 0 Å². The van der Waals surface area contributed by atoms with Crippen molar-refractivity contribution in [1.82, 2.24) is 0 Å². The van der Waals surface area contributed by atoms with Crippen LogP contribution in [0.5, 0.6) is 0 Å². The van der Waals surface area contributed by atoms with Crippen LogP contribution >= 0.6 is 0 Å². The number of benzene rings is 4. The summed E-state index contributed by atoms with van der Waals surface area (Å²) in [7, 11) is 0. The van der Waals surface area contributed by atoms with E-state index in [-0.39, 0.29) is 0 Å². The van der Waals surface area contributed by atoms with Gasteiger partial charge in [0.2, 0.25) is 0 Å². The SMILES string of the molecule is CC1c2ccc3c(oc4ccccc43)c2-c2c1ccc1oc3ccccc3c21. The van der Waals surface area contributed by atoms with Gasteiger partial charge in [0.1, 0.15) is 22.3 Å². The Morgan fingerprint density at radius 3 is 2.11 bits per heavy atom. The molecule has 1 aliphatic carbocycles. The Balaban J connectivity index is 1.74. The summed E-state index contributed by atoms with van der Waals surface area (Å²) in [6.45, 7) is 2.28. The van der Waals surface area contributed by atoms with Crippen molar-refractivity contribution in [3.8, 4) is 11.1 Å². The molecule has 0 bridgehead atoms. The Bertz CT molecular complexity index is 1580. The van der Waals surface area contributed by atoms with Crippen molar-refractivity contribution in [1.29, 1.82) is 0 Å². The van der Waals surface area contributed by atoms with E-state index in [1.54, 1.807) is 0 Å². The maximum absolute atomic E-state index is 6.41. The number of furan rings is 2. The third kappa shape index (κ3) is 1.60. The van der Waals surface area contributed by atoms with Crippen LogP contribution in [0.25, 0.3) is 55.0 Å². The maximum atomic E-state index is 6.41. The quantitative estimate of drug-likeness (QED) is 0.278. The molecule has 1 aliphatic rings. The minimum Gasteiger partial charge on any atom is -0.456 e. The van der Waals surface area contributed by atoms with Gasteiger partial charge in [0, 0.05) is 38.6 Å². The normalized spacial score (nSPS) is 15.7. The molecule has 2 heterocycles. The van der Waals surface area contributed by atoms with Gasteiger partial charge in [-0.15, -0.1) is 0 Å². The lowest BCUT2D eigenvalue weighted by atomic mass is 9.97. The molecule has 0 aliphatic heterocycles. The zero-order valence-corrected chi connectivity index (χ0v) is 15.3. The van der Waals surface area contributed by atoms with Crippen molar-refractivity contribution in [2.75, 3.05) is 0 Å². The van der Waals surface area contributed by atoms with Gasteiger partial charge in [0.15, 0.2) is 0 Å². The third-order valence-corrected chi connectivity index (χ3v) is 6.34. The van der Waals surface area contributed by atoms with Crippen LogP contribution in [-0.2, 0) is 0 Å². The second kappa shape index (κ2) is 4.85. The summed E-state index contributed by atoms with van der Waals surface area (Å²) in [6.07, 6.45) is 0. The van der Waals surface area contributed by atoms with Gasteiger partial charge in [-0.05, 0) is 29.3 Å². The van der Waals surface area contributed by atoms with Crippen LogP contribution in [-0.4, -0.2) is 0 Å². The predicted octanol–water partition coefficient (Wildman–Crippen LogP) is 7.62. The molecule has 0 spiro atoms. The molecule has 2 nitrogen and oxygen atoms in total. The van der Waals surface area contributed by atoms with E-state index < -0.39 is 0 Å². The molecule has 0 fully saturated rings. The van der Waals surface area contributed by atoms with E-state index in [0.717, 1.165) is 22.3 Å². The molecule has 4 aromatic carbocycles. The van der Waals surface area contributed by atoms with E-state index in [1.807, 2.05) is 18.2 Å². The van der Waals surface area contributed by atoms with Crippen molar-refractivity contribution in [3.63, 3.8) is 0 Å². The molecule has 6 aromatic rings. The van der Waals surface area contributed by atoms with Crippen LogP contribution in [0.15, 0.2) is 81.6 Å². The van der Waals surface area contributed by atoms with Crippen molar-refractivity contribution in [3.05, 3.63) is 83.9 Å². The first-order chi connectivity index (χ1) is 13.8. The van der Waals surface area contributed by atoms with Gasteiger partial charge >= 0.3 is 0 Å². The topological polar surface area (TPSA) is 26.3 Å². The van der Waals surface area contributed by atoms with Crippen LogP contribution in [0.4, 0.5) is 0 Å². The molecular formula is C26H16O2. The molecule has 0 amide bonds. The Morgan fingerprint density at radius 1 is 0.571 bits per heavy atom. The van der Waals surface area contributed by atoms with Gasteiger partial charge in [-0.2, -0.15) is 0 Å². The van der Waals surface area contributed by atoms with Crippen LogP contribution < -0.4 is 0 Å². The number of rotatable bonds is 0. The van der Waals surface area contributed by atoms with E-state index in [9.17, 15) is 0 Å². The molecule has 0 saturated carbocycles. The second-order valence-electron chi connectivity index (χ2n) is 7.73. The maximum Gasteiger partial charge on any atom is 0.143 e. The summed E-state index contributed by atoms with van der Waals surface area (Å²) in [5.41, 5.74) is 8.99. The lowest BCUT2D eigenvalue weighted by Gasteiger charge is -2.05. The van der Waals surface area contributed by atoms with Crippen LogP contribution in [0.1, 0.15) is 24.0 Å². The average molecular weight is 360 g/mol. The summed E-state index contributed by atoms with van der Waals surface area (Å²) in [5, 5.41) is 4.72. The monoisotopic (exact) mass is 360 g/mol. The first kappa shape index (κ1) is 14.5. The Labute approximate surface area is 161 Å². The lowest BCUT2D eigenvalue weighted by Crippen LogP contribution is -1.88. The highest BCUT2D eigenvalue weighted by Crippen LogP contribution is 2.53. The smallest absolute Gasteiger partial charge is 0.143 e. The predicted molar refractivity (Wildman–Crippen MR) is 114 cm³/mol. The van der Waals surface area contributed by atoms with Gasteiger partial charge in [0.25, 0.3) is 0 Å². The highest BCUT2D eigenvalue weighted by Gasteiger charge is 2.32. The van der Waals surface area contributed by atoms with E-state index in [4.69, 9.17) is 8.83 Å². The first-order valence-electron chi connectivity index (χ1n) is 9.70. The number of hydrogen-bond acceptors (Lipinski definition) is 2.